The first-order valence-electron chi connectivity index (χ1n) is 5.92. The van der Waals surface area contributed by atoms with Gasteiger partial charge in [0.05, 0.1) is 9.48 Å². The SMILES string of the molecule is Cc1nc(C(=O)NC2CN(C)CC2(C)C)sc1Br. The predicted molar refractivity (Wildman–Crippen MR) is 77.1 cm³/mol. The zero-order valence-corrected chi connectivity index (χ0v) is 13.5. The quantitative estimate of drug-likeness (QED) is 0.904. The van der Waals surface area contributed by atoms with Crippen molar-refractivity contribution in [2.45, 2.75) is 26.8 Å². The fraction of sp³-hybridized carbons (Fsp3) is 0.667. The molecule has 1 N–H and O–H groups in total. The second kappa shape index (κ2) is 4.90. The first kappa shape index (κ1) is 14.0. The molecule has 1 saturated heterocycles. The number of amides is 1. The van der Waals surface area contributed by atoms with Crippen LogP contribution in [0, 0.1) is 12.3 Å². The number of nitrogens with zero attached hydrogens (tertiary/aromatic N) is 2. The summed E-state index contributed by atoms with van der Waals surface area (Å²) in [5.74, 6) is -0.0674. The summed E-state index contributed by atoms with van der Waals surface area (Å²) < 4.78 is 0.926. The second-order valence-electron chi connectivity index (χ2n) is 5.59. The van der Waals surface area contributed by atoms with Gasteiger partial charge < -0.3 is 10.2 Å². The molecule has 1 aromatic heterocycles. The Morgan fingerprint density at radius 3 is 2.72 bits per heavy atom. The maximum Gasteiger partial charge on any atom is 0.280 e. The number of aromatic nitrogens is 1. The topological polar surface area (TPSA) is 45.2 Å². The highest BCUT2D eigenvalue weighted by atomic mass is 79.9. The molecule has 18 heavy (non-hydrogen) atoms. The molecule has 1 aliphatic rings. The van der Waals surface area contributed by atoms with Crippen LogP contribution in [-0.2, 0) is 0 Å². The van der Waals surface area contributed by atoms with E-state index in [4.69, 9.17) is 0 Å². The minimum Gasteiger partial charge on any atom is -0.345 e. The Kier molecular flexibility index (Phi) is 3.80. The van der Waals surface area contributed by atoms with E-state index in [-0.39, 0.29) is 17.4 Å². The van der Waals surface area contributed by atoms with Crippen LogP contribution in [0.2, 0.25) is 0 Å². The number of thiazole rings is 1. The number of carbonyl (C=O) groups is 1. The van der Waals surface area contributed by atoms with E-state index in [9.17, 15) is 4.79 Å². The number of nitrogens with one attached hydrogen (secondary N) is 1. The summed E-state index contributed by atoms with van der Waals surface area (Å²) in [5.41, 5.74) is 0.974. The molecule has 1 aliphatic heterocycles. The van der Waals surface area contributed by atoms with E-state index < -0.39 is 0 Å². The Labute approximate surface area is 120 Å². The Bertz CT molecular complexity index is 452. The first-order valence-corrected chi connectivity index (χ1v) is 7.53. The maximum absolute atomic E-state index is 12.2. The van der Waals surface area contributed by atoms with E-state index in [1.165, 1.54) is 11.3 Å². The average Bonchev–Trinajstić information content (AvgIpc) is 2.68. The molecule has 1 aromatic rings. The highest BCUT2D eigenvalue weighted by molar-refractivity contribution is 9.11. The number of hydrogen-bond donors (Lipinski definition) is 1. The van der Waals surface area contributed by atoms with Gasteiger partial charge in [-0.2, -0.15) is 0 Å². The van der Waals surface area contributed by atoms with E-state index in [0.29, 0.717) is 5.01 Å². The van der Waals surface area contributed by atoms with E-state index >= 15 is 0 Å². The lowest BCUT2D eigenvalue weighted by molar-refractivity contribution is 0.0916. The van der Waals surface area contributed by atoms with Crippen LogP contribution in [0.15, 0.2) is 3.79 Å². The molecule has 2 rings (SSSR count). The summed E-state index contributed by atoms with van der Waals surface area (Å²) in [7, 11) is 2.08. The monoisotopic (exact) mass is 331 g/mol. The minimum atomic E-state index is -0.0674. The third-order valence-corrected chi connectivity index (χ3v) is 5.36. The summed E-state index contributed by atoms with van der Waals surface area (Å²) in [6.07, 6.45) is 0. The van der Waals surface area contributed by atoms with Gasteiger partial charge in [0, 0.05) is 19.1 Å². The third kappa shape index (κ3) is 2.75. The van der Waals surface area contributed by atoms with Gasteiger partial charge in [0.2, 0.25) is 0 Å². The lowest BCUT2D eigenvalue weighted by Crippen LogP contribution is -2.44. The molecule has 0 spiro atoms. The number of hydrogen-bond acceptors (Lipinski definition) is 4. The van der Waals surface area contributed by atoms with E-state index in [2.05, 4.69) is 52.0 Å². The molecule has 0 aromatic carbocycles. The van der Waals surface area contributed by atoms with Crippen LogP contribution >= 0.6 is 27.3 Å². The number of aryl methyl sites for hydroxylation is 1. The highest BCUT2D eigenvalue weighted by Crippen LogP contribution is 2.29. The van der Waals surface area contributed by atoms with Gasteiger partial charge in [0.25, 0.3) is 5.91 Å². The number of halogens is 1. The van der Waals surface area contributed by atoms with Crippen molar-refractivity contribution in [3.8, 4) is 0 Å². The largest absolute Gasteiger partial charge is 0.345 e. The van der Waals surface area contributed by atoms with Crippen LogP contribution in [0.5, 0.6) is 0 Å². The van der Waals surface area contributed by atoms with Crippen molar-refractivity contribution < 1.29 is 4.79 Å². The van der Waals surface area contributed by atoms with Crippen LogP contribution in [-0.4, -0.2) is 42.0 Å². The highest BCUT2D eigenvalue weighted by Gasteiger charge is 2.38. The Hall–Kier alpha value is -0.460. The third-order valence-electron chi connectivity index (χ3n) is 3.35. The number of likely N-dealkylation sites (N-methyl/N-ethyl adjacent to an activating group) is 1. The van der Waals surface area contributed by atoms with Gasteiger partial charge in [-0.1, -0.05) is 13.8 Å². The molecule has 1 fully saturated rings. The number of rotatable bonds is 2. The zero-order valence-electron chi connectivity index (χ0n) is 11.1. The van der Waals surface area contributed by atoms with Crippen molar-refractivity contribution in [2.75, 3.05) is 20.1 Å². The molecule has 0 saturated carbocycles. The normalized spacial score (nSPS) is 23.3. The Morgan fingerprint density at radius 2 is 2.28 bits per heavy atom. The zero-order chi connectivity index (χ0) is 13.5. The minimum absolute atomic E-state index is 0.0674. The van der Waals surface area contributed by atoms with E-state index in [1.807, 2.05) is 6.92 Å². The number of carbonyl (C=O) groups excluding carboxylic acids is 1. The van der Waals surface area contributed by atoms with Crippen LogP contribution in [0.3, 0.4) is 0 Å². The lowest BCUT2D eigenvalue weighted by atomic mass is 9.88. The molecule has 100 valence electrons. The Balaban J connectivity index is 2.08. The first-order chi connectivity index (χ1) is 8.29. The van der Waals surface area contributed by atoms with Crippen LogP contribution in [0.25, 0.3) is 0 Å². The van der Waals surface area contributed by atoms with Gasteiger partial charge in [-0.05, 0) is 35.3 Å². The molecule has 2 heterocycles. The summed E-state index contributed by atoms with van der Waals surface area (Å²) >= 11 is 4.78. The molecule has 6 heteroatoms. The summed E-state index contributed by atoms with van der Waals surface area (Å²) in [6, 6.07) is 0.179. The molecule has 1 unspecified atom stereocenters. The molecular weight excluding hydrogens is 314 g/mol. The van der Waals surface area contributed by atoms with Crippen molar-refractivity contribution in [2.24, 2.45) is 5.41 Å². The van der Waals surface area contributed by atoms with Crippen LogP contribution in [0.1, 0.15) is 29.3 Å². The van der Waals surface area contributed by atoms with Crippen LogP contribution < -0.4 is 5.32 Å². The van der Waals surface area contributed by atoms with Crippen molar-refractivity contribution in [1.29, 1.82) is 0 Å². The lowest BCUT2D eigenvalue weighted by Gasteiger charge is -2.26. The van der Waals surface area contributed by atoms with Crippen LogP contribution in [0.4, 0.5) is 0 Å². The molecule has 0 radical (unpaired) electrons. The smallest absolute Gasteiger partial charge is 0.280 e. The van der Waals surface area contributed by atoms with Crippen molar-refractivity contribution in [1.82, 2.24) is 15.2 Å². The molecule has 0 bridgehead atoms. The van der Waals surface area contributed by atoms with Gasteiger partial charge in [-0.25, -0.2) is 4.98 Å². The number of likely N-dealkylation sites (tertiary alicyclic amines) is 1. The molecule has 0 aliphatic carbocycles. The standard InChI is InChI=1S/C12H18BrN3OS/c1-7-9(13)18-11(14-7)10(17)15-8-5-16(4)6-12(8,2)3/h8H,5-6H2,1-4H3,(H,15,17). The van der Waals surface area contributed by atoms with Gasteiger partial charge in [-0.15, -0.1) is 11.3 Å². The molecular formula is C12H18BrN3OS. The summed E-state index contributed by atoms with van der Waals surface area (Å²) in [6.45, 7) is 8.16. The van der Waals surface area contributed by atoms with Crippen molar-refractivity contribution in [3.63, 3.8) is 0 Å². The van der Waals surface area contributed by atoms with E-state index in [1.54, 1.807) is 0 Å². The van der Waals surface area contributed by atoms with Gasteiger partial charge >= 0.3 is 0 Å². The fourth-order valence-corrected chi connectivity index (χ4v) is 3.61. The van der Waals surface area contributed by atoms with Crippen molar-refractivity contribution >= 4 is 33.2 Å². The Morgan fingerprint density at radius 1 is 1.61 bits per heavy atom. The van der Waals surface area contributed by atoms with Gasteiger partial charge in [-0.3, -0.25) is 4.79 Å². The molecule has 1 amide bonds. The summed E-state index contributed by atoms with van der Waals surface area (Å²) in [5, 5.41) is 3.64. The predicted octanol–water partition coefficient (Wildman–Crippen LogP) is 2.28. The average molecular weight is 332 g/mol. The van der Waals surface area contributed by atoms with E-state index in [0.717, 1.165) is 22.6 Å². The summed E-state index contributed by atoms with van der Waals surface area (Å²) in [4.78, 5) is 18.7. The molecule has 1 atom stereocenters. The second-order valence-corrected chi connectivity index (χ2v) is 7.91. The fourth-order valence-electron chi connectivity index (χ4n) is 2.37. The van der Waals surface area contributed by atoms with Gasteiger partial charge in [0.15, 0.2) is 5.01 Å². The van der Waals surface area contributed by atoms with Crippen molar-refractivity contribution in [3.05, 3.63) is 14.5 Å². The maximum atomic E-state index is 12.2. The van der Waals surface area contributed by atoms with Gasteiger partial charge in [0.1, 0.15) is 0 Å². The molecule has 4 nitrogen and oxygen atoms in total.